The summed E-state index contributed by atoms with van der Waals surface area (Å²) in [6, 6.07) is 7.33. The molecular weight excluding hydrogens is 188 g/mol. The Hall–Kier alpha value is -0.570. The van der Waals surface area contributed by atoms with Crippen molar-refractivity contribution in [1.82, 2.24) is 0 Å². The standard InChI is InChI=1S/C10H13ClO2/c11-10-3-1-8(2-4-10)9(7-13)5-6-12/h1-4,9,12-13H,5-7H2. The van der Waals surface area contributed by atoms with Crippen molar-refractivity contribution in [2.24, 2.45) is 0 Å². The first-order chi connectivity index (χ1) is 6.27. The van der Waals surface area contributed by atoms with Gasteiger partial charge in [0.1, 0.15) is 0 Å². The molecule has 1 unspecified atom stereocenters. The zero-order valence-corrected chi connectivity index (χ0v) is 8.04. The van der Waals surface area contributed by atoms with E-state index >= 15 is 0 Å². The zero-order chi connectivity index (χ0) is 9.68. The summed E-state index contributed by atoms with van der Waals surface area (Å²) < 4.78 is 0. The molecule has 0 radical (unpaired) electrons. The predicted octanol–water partition coefficient (Wildman–Crippen LogP) is 1.80. The first-order valence-corrected chi connectivity index (χ1v) is 4.63. The van der Waals surface area contributed by atoms with Crippen LogP contribution in [0, 0.1) is 0 Å². The molecule has 0 heterocycles. The van der Waals surface area contributed by atoms with Crippen LogP contribution in [-0.4, -0.2) is 23.4 Å². The lowest BCUT2D eigenvalue weighted by molar-refractivity contribution is 0.220. The maximum Gasteiger partial charge on any atom is 0.0500 e. The van der Waals surface area contributed by atoms with Gasteiger partial charge in [-0.05, 0) is 24.1 Å². The van der Waals surface area contributed by atoms with Crippen LogP contribution < -0.4 is 0 Å². The Balaban J connectivity index is 2.73. The first-order valence-electron chi connectivity index (χ1n) is 4.25. The van der Waals surface area contributed by atoms with Gasteiger partial charge in [-0.2, -0.15) is 0 Å². The quantitative estimate of drug-likeness (QED) is 0.778. The molecule has 1 aromatic rings. The minimum absolute atomic E-state index is 0.0160. The molecule has 0 saturated heterocycles. The third-order valence-electron chi connectivity index (χ3n) is 2.04. The lowest BCUT2D eigenvalue weighted by Gasteiger charge is -2.12. The number of benzene rings is 1. The highest BCUT2D eigenvalue weighted by Crippen LogP contribution is 2.20. The highest BCUT2D eigenvalue weighted by Gasteiger charge is 2.08. The molecule has 0 spiro atoms. The molecule has 0 fully saturated rings. The molecule has 0 aliphatic rings. The van der Waals surface area contributed by atoms with E-state index in [1.54, 1.807) is 12.1 Å². The van der Waals surface area contributed by atoms with Crippen LogP contribution in [0.2, 0.25) is 5.02 Å². The average molecular weight is 201 g/mol. The van der Waals surface area contributed by atoms with E-state index in [-0.39, 0.29) is 19.1 Å². The zero-order valence-electron chi connectivity index (χ0n) is 7.28. The number of aliphatic hydroxyl groups is 2. The van der Waals surface area contributed by atoms with Gasteiger partial charge in [0.05, 0.1) is 6.61 Å². The van der Waals surface area contributed by atoms with Crippen LogP contribution in [0.3, 0.4) is 0 Å². The fraction of sp³-hybridized carbons (Fsp3) is 0.400. The Morgan fingerprint density at radius 3 is 2.23 bits per heavy atom. The molecule has 0 aliphatic carbocycles. The van der Waals surface area contributed by atoms with Gasteiger partial charge in [0.2, 0.25) is 0 Å². The molecule has 0 bridgehead atoms. The van der Waals surface area contributed by atoms with Crippen molar-refractivity contribution >= 4 is 11.6 Å². The molecule has 0 aromatic heterocycles. The monoisotopic (exact) mass is 200 g/mol. The fourth-order valence-corrected chi connectivity index (χ4v) is 1.38. The van der Waals surface area contributed by atoms with Crippen LogP contribution in [0.15, 0.2) is 24.3 Å². The van der Waals surface area contributed by atoms with Gasteiger partial charge in [-0.3, -0.25) is 0 Å². The third-order valence-corrected chi connectivity index (χ3v) is 2.29. The number of halogens is 1. The first kappa shape index (κ1) is 10.5. The van der Waals surface area contributed by atoms with Crippen molar-refractivity contribution in [2.75, 3.05) is 13.2 Å². The number of hydrogen-bond donors (Lipinski definition) is 2. The van der Waals surface area contributed by atoms with E-state index in [1.807, 2.05) is 12.1 Å². The Kier molecular flexibility index (Phi) is 4.22. The summed E-state index contributed by atoms with van der Waals surface area (Å²) >= 11 is 5.72. The second kappa shape index (κ2) is 5.22. The Morgan fingerprint density at radius 2 is 1.77 bits per heavy atom. The van der Waals surface area contributed by atoms with Crippen LogP contribution in [0.4, 0.5) is 0 Å². The minimum atomic E-state index is 0.0160. The van der Waals surface area contributed by atoms with Crippen LogP contribution in [-0.2, 0) is 0 Å². The Bertz CT molecular complexity index is 246. The topological polar surface area (TPSA) is 40.5 Å². The Labute approximate surface area is 82.8 Å². The molecule has 2 N–H and O–H groups in total. The van der Waals surface area contributed by atoms with Gasteiger partial charge in [0.25, 0.3) is 0 Å². The van der Waals surface area contributed by atoms with E-state index in [9.17, 15) is 0 Å². The van der Waals surface area contributed by atoms with Gasteiger partial charge < -0.3 is 10.2 Å². The molecule has 2 nitrogen and oxygen atoms in total. The molecule has 0 aliphatic heterocycles. The molecule has 0 saturated carbocycles. The highest BCUT2D eigenvalue weighted by molar-refractivity contribution is 6.30. The molecular formula is C10H13ClO2. The molecule has 1 atom stereocenters. The molecule has 0 amide bonds. The second-order valence-electron chi connectivity index (χ2n) is 2.94. The van der Waals surface area contributed by atoms with Crippen LogP contribution in [0.1, 0.15) is 17.9 Å². The van der Waals surface area contributed by atoms with Crippen LogP contribution in [0.25, 0.3) is 0 Å². The van der Waals surface area contributed by atoms with Gasteiger partial charge in [0.15, 0.2) is 0 Å². The average Bonchev–Trinajstić information content (AvgIpc) is 2.16. The molecule has 3 heteroatoms. The van der Waals surface area contributed by atoms with Crippen molar-refractivity contribution < 1.29 is 10.2 Å². The van der Waals surface area contributed by atoms with Crippen LogP contribution in [0.5, 0.6) is 0 Å². The SMILES string of the molecule is OCCC(CO)c1ccc(Cl)cc1. The summed E-state index contributed by atoms with van der Waals surface area (Å²) in [5.41, 5.74) is 1.01. The summed E-state index contributed by atoms with van der Waals surface area (Å²) in [6.45, 7) is 0.149. The van der Waals surface area contributed by atoms with Crippen molar-refractivity contribution in [2.45, 2.75) is 12.3 Å². The number of aliphatic hydroxyl groups excluding tert-OH is 2. The van der Waals surface area contributed by atoms with Crippen molar-refractivity contribution in [3.8, 4) is 0 Å². The van der Waals surface area contributed by atoms with Gasteiger partial charge in [-0.25, -0.2) is 0 Å². The van der Waals surface area contributed by atoms with Crippen molar-refractivity contribution in [1.29, 1.82) is 0 Å². The van der Waals surface area contributed by atoms with Gasteiger partial charge in [0, 0.05) is 17.5 Å². The lowest BCUT2D eigenvalue weighted by atomic mass is 9.97. The van der Waals surface area contributed by atoms with E-state index in [2.05, 4.69) is 0 Å². The summed E-state index contributed by atoms with van der Waals surface area (Å²) in [5, 5.41) is 18.5. The number of rotatable bonds is 4. The van der Waals surface area contributed by atoms with Crippen LogP contribution >= 0.6 is 11.6 Å². The summed E-state index contributed by atoms with van der Waals surface area (Å²) in [7, 11) is 0. The van der Waals surface area contributed by atoms with Gasteiger partial charge >= 0.3 is 0 Å². The molecule has 13 heavy (non-hydrogen) atoms. The maximum absolute atomic E-state index is 9.04. The van der Waals surface area contributed by atoms with Crippen molar-refractivity contribution in [3.05, 3.63) is 34.9 Å². The summed E-state index contributed by atoms with van der Waals surface area (Å²) in [6.07, 6.45) is 0.581. The Morgan fingerprint density at radius 1 is 1.15 bits per heavy atom. The largest absolute Gasteiger partial charge is 0.396 e. The second-order valence-corrected chi connectivity index (χ2v) is 3.38. The van der Waals surface area contributed by atoms with Gasteiger partial charge in [-0.1, -0.05) is 23.7 Å². The van der Waals surface area contributed by atoms with E-state index in [4.69, 9.17) is 21.8 Å². The summed E-state index contributed by atoms with van der Waals surface area (Å²) in [5.74, 6) is 0.0160. The molecule has 1 rings (SSSR count). The van der Waals surface area contributed by atoms with E-state index in [0.29, 0.717) is 11.4 Å². The molecule has 1 aromatic carbocycles. The third kappa shape index (κ3) is 2.99. The normalized spacial score (nSPS) is 12.8. The lowest BCUT2D eigenvalue weighted by Crippen LogP contribution is -2.05. The van der Waals surface area contributed by atoms with Gasteiger partial charge in [-0.15, -0.1) is 0 Å². The number of hydrogen-bond acceptors (Lipinski definition) is 2. The smallest absolute Gasteiger partial charge is 0.0500 e. The van der Waals surface area contributed by atoms with E-state index in [1.165, 1.54) is 0 Å². The fourth-order valence-electron chi connectivity index (χ4n) is 1.25. The predicted molar refractivity (Wildman–Crippen MR) is 53.0 cm³/mol. The minimum Gasteiger partial charge on any atom is -0.396 e. The molecule has 72 valence electrons. The van der Waals surface area contributed by atoms with Crippen molar-refractivity contribution in [3.63, 3.8) is 0 Å². The highest BCUT2D eigenvalue weighted by atomic mass is 35.5. The maximum atomic E-state index is 9.04. The summed E-state index contributed by atoms with van der Waals surface area (Å²) in [4.78, 5) is 0. The van der Waals surface area contributed by atoms with E-state index in [0.717, 1.165) is 5.56 Å². The van der Waals surface area contributed by atoms with E-state index < -0.39 is 0 Å².